The Labute approximate surface area is 82.9 Å². The van der Waals surface area contributed by atoms with Crippen molar-refractivity contribution < 1.29 is 9.90 Å². The fraction of sp³-hybridized carbons (Fsp3) is 0.400. The number of carboxylic acid groups (broad SMARTS) is 1. The minimum atomic E-state index is -0.937. The SMILES string of the molecule is CCCn1cc(/C=C/C(=O)O)c(C)n1. The van der Waals surface area contributed by atoms with Crippen molar-refractivity contribution in [2.75, 3.05) is 0 Å². The standard InChI is InChI=1S/C10H14N2O2/c1-3-6-12-7-9(8(2)11-12)4-5-10(13)14/h4-5,7H,3,6H2,1-2H3,(H,13,14)/b5-4+. The van der Waals surface area contributed by atoms with Gasteiger partial charge in [0.1, 0.15) is 0 Å². The second-order valence-corrected chi connectivity index (χ2v) is 3.10. The molecule has 0 spiro atoms. The van der Waals surface area contributed by atoms with Gasteiger partial charge in [0.2, 0.25) is 0 Å². The fourth-order valence-electron chi connectivity index (χ4n) is 1.20. The highest BCUT2D eigenvalue weighted by atomic mass is 16.4. The van der Waals surface area contributed by atoms with Crippen LogP contribution in [0.2, 0.25) is 0 Å². The minimum Gasteiger partial charge on any atom is -0.478 e. The van der Waals surface area contributed by atoms with E-state index >= 15 is 0 Å². The van der Waals surface area contributed by atoms with Gasteiger partial charge in [-0.1, -0.05) is 6.92 Å². The molecule has 4 nitrogen and oxygen atoms in total. The van der Waals surface area contributed by atoms with Gasteiger partial charge in [0.15, 0.2) is 0 Å². The molecule has 0 amide bonds. The van der Waals surface area contributed by atoms with E-state index in [4.69, 9.17) is 5.11 Å². The number of rotatable bonds is 4. The number of carboxylic acids is 1. The van der Waals surface area contributed by atoms with Crippen LogP contribution in [0.1, 0.15) is 24.6 Å². The topological polar surface area (TPSA) is 55.1 Å². The monoisotopic (exact) mass is 194 g/mol. The largest absolute Gasteiger partial charge is 0.478 e. The lowest BCUT2D eigenvalue weighted by Crippen LogP contribution is -1.96. The lowest BCUT2D eigenvalue weighted by atomic mass is 10.2. The summed E-state index contributed by atoms with van der Waals surface area (Å²) in [4.78, 5) is 10.3. The average Bonchev–Trinajstić information content (AvgIpc) is 2.44. The molecule has 0 aliphatic rings. The molecule has 0 aliphatic carbocycles. The van der Waals surface area contributed by atoms with Gasteiger partial charge in [-0.3, -0.25) is 4.68 Å². The number of hydrogen-bond donors (Lipinski definition) is 1. The van der Waals surface area contributed by atoms with E-state index in [0.29, 0.717) is 0 Å². The highest BCUT2D eigenvalue weighted by Crippen LogP contribution is 2.08. The normalized spacial score (nSPS) is 11.0. The molecule has 14 heavy (non-hydrogen) atoms. The van der Waals surface area contributed by atoms with Crippen molar-refractivity contribution in [3.05, 3.63) is 23.5 Å². The third kappa shape index (κ3) is 2.73. The predicted octanol–water partition coefficient (Wildman–Crippen LogP) is 1.70. The van der Waals surface area contributed by atoms with Crippen LogP contribution in [-0.2, 0) is 11.3 Å². The quantitative estimate of drug-likeness (QED) is 0.742. The van der Waals surface area contributed by atoms with Gasteiger partial charge in [0, 0.05) is 24.4 Å². The maximum atomic E-state index is 10.3. The zero-order chi connectivity index (χ0) is 10.6. The van der Waals surface area contributed by atoms with Crippen molar-refractivity contribution in [3.8, 4) is 0 Å². The van der Waals surface area contributed by atoms with Crippen molar-refractivity contribution in [3.63, 3.8) is 0 Å². The van der Waals surface area contributed by atoms with E-state index in [9.17, 15) is 4.79 Å². The molecule has 1 aromatic heterocycles. The zero-order valence-electron chi connectivity index (χ0n) is 8.40. The molecule has 1 rings (SSSR count). The molecule has 0 saturated carbocycles. The number of aryl methyl sites for hydroxylation is 2. The molecular formula is C10H14N2O2. The molecule has 1 aromatic rings. The Kier molecular flexibility index (Phi) is 3.45. The number of nitrogens with zero attached hydrogens (tertiary/aromatic N) is 2. The fourth-order valence-corrected chi connectivity index (χ4v) is 1.20. The van der Waals surface area contributed by atoms with Crippen LogP contribution in [0.4, 0.5) is 0 Å². The van der Waals surface area contributed by atoms with Crippen molar-refractivity contribution in [1.29, 1.82) is 0 Å². The molecule has 0 radical (unpaired) electrons. The number of hydrogen-bond acceptors (Lipinski definition) is 2. The van der Waals surface area contributed by atoms with Crippen molar-refractivity contribution >= 4 is 12.0 Å². The van der Waals surface area contributed by atoms with Crippen LogP contribution in [0.15, 0.2) is 12.3 Å². The van der Waals surface area contributed by atoms with Gasteiger partial charge < -0.3 is 5.11 Å². The second-order valence-electron chi connectivity index (χ2n) is 3.10. The van der Waals surface area contributed by atoms with Crippen LogP contribution in [-0.4, -0.2) is 20.9 Å². The zero-order valence-corrected chi connectivity index (χ0v) is 8.40. The maximum Gasteiger partial charge on any atom is 0.328 e. The van der Waals surface area contributed by atoms with Crippen LogP contribution in [0, 0.1) is 6.92 Å². The summed E-state index contributed by atoms with van der Waals surface area (Å²) in [6.45, 7) is 4.80. The molecule has 0 saturated heterocycles. The smallest absolute Gasteiger partial charge is 0.328 e. The first-order valence-electron chi connectivity index (χ1n) is 4.58. The summed E-state index contributed by atoms with van der Waals surface area (Å²) in [6, 6.07) is 0. The lowest BCUT2D eigenvalue weighted by Gasteiger charge is -1.93. The second kappa shape index (κ2) is 4.60. The van der Waals surface area contributed by atoms with E-state index in [1.54, 1.807) is 6.08 Å². The lowest BCUT2D eigenvalue weighted by molar-refractivity contribution is -0.131. The van der Waals surface area contributed by atoms with Gasteiger partial charge in [-0.15, -0.1) is 0 Å². The summed E-state index contributed by atoms with van der Waals surface area (Å²) in [6.07, 6.45) is 5.57. The average molecular weight is 194 g/mol. The highest BCUT2D eigenvalue weighted by molar-refractivity contribution is 5.85. The Morgan fingerprint density at radius 2 is 2.43 bits per heavy atom. The molecular weight excluding hydrogens is 180 g/mol. The van der Waals surface area contributed by atoms with Crippen molar-refractivity contribution in [2.45, 2.75) is 26.8 Å². The van der Waals surface area contributed by atoms with Gasteiger partial charge in [-0.2, -0.15) is 5.10 Å². The highest BCUT2D eigenvalue weighted by Gasteiger charge is 2.01. The Hall–Kier alpha value is -1.58. The number of aliphatic carboxylic acids is 1. The van der Waals surface area contributed by atoms with Crippen LogP contribution in [0.5, 0.6) is 0 Å². The molecule has 1 N–H and O–H groups in total. The van der Waals surface area contributed by atoms with Crippen LogP contribution in [0.25, 0.3) is 6.08 Å². The summed E-state index contributed by atoms with van der Waals surface area (Å²) in [7, 11) is 0. The van der Waals surface area contributed by atoms with E-state index in [2.05, 4.69) is 12.0 Å². The van der Waals surface area contributed by atoms with E-state index in [0.717, 1.165) is 30.3 Å². The Balaban J connectivity index is 2.82. The molecule has 0 aromatic carbocycles. The van der Waals surface area contributed by atoms with Gasteiger partial charge in [0.05, 0.1) is 5.69 Å². The molecule has 0 unspecified atom stereocenters. The van der Waals surface area contributed by atoms with Crippen molar-refractivity contribution in [2.24, 2.45) is 0 Å². The summed E-state index contributed by atoms with van der Waals surface area (Å²) < 4.78 is 1.83. The van der Waals surface area contributed by atoms with E-state index in [-0.39, 0.29) is 0 Å². The summed E-state index contributed by atoms with van der Waals surface area (Å²) in [5.41, 5.74) is 1.72. The van der Waals surface area contributed by atoms with E-state index in [1.165, 1.54) is 0 Å². The Morgan fingerprint density at radius 3 is 3.00 bits per heavy atom. The minimum absolute atomic E-state index is 0.857. The first-order valence-corrected chi connectivity index (χ1v) is 4.58. The van der Waals surface area contributed by atoms with E-state index < -0.39 is 5.97 Å². The van der Waals surface area contributed by atoms with Gasteiger partial charge >= 0.3 is 5.97 Å². The molecule has 76 valence electrons. The molecule has 0 aliphatic heterocycles. The molecule has 4 heteroatoms. The number of aromatic nitrogens is 2. The van der Waals surface area contributed by atoms with Crippen LogP contribution in [0.3, 0.4) is 0 Å². The summed E-state index contributed by atoms with van der Waals surface area (Å²) in [5, 5.41) is 12.7. The first-order chi connectivity index (χ1) is 6.63. The molecule has 1 heterocycles. The Bertz CT molecular complexity index is 353. The molecule has 0 atom stereocenters. The Morgan fingerprint density at radius 1 is 1.71 bits per heavy atom. The predicted molar refractivity (Wildman–Crippen MR) is 53.9 cm³/mol. The first kappa shape index (κ1) is 10.5. The number of carbonyl (C=O) groups is 1. The van der Waals surface area contributed by atoms with Gasteiger partial charge in [-0.25, -0.2) is 4.79 Å². The maximum absolute atomic E-state index is 10.3. The van der Waals surface area contributed by atoms with Crippen LogP contribution < -0.4 is 0 Å². The molecule has 0 fully saturated rings. The third-order valence-corrected chi connectivity index (χ3v) is 1.84. The summed E-state index contributed by atoms with van der Waals surface area (Å²) >= 11 is 0. The molecule has 0 bridgehead atoms. The third-order valence-electron chi connectivity index (χ3n) is 1.84. The van der Waals surface area contributed by atoms with Gasteiger partial charge in [-0.05, 0) is 19.4 Å². The van der Waals surface area contributed by atoms with E-state index in [1.807, 2.05) is 17.8 Å². The van der Waals surface area contributed by atoms with Crippen LogP contribution >= 0.6 is 0 Å². The summed E-state index contributed by atoms with van der Waals surface area (Å²) in [5.74, 6) is -0.937. The van der Waals surface area contributed by atoms with Gasteiger partial charge in [0.25, 0.3) is 0 Å². The van der Waals surface area contributed by atoms with Crippen molar-refractivity contribution in [1.82, 2.24) is 9.78 Å².